The minimum absolute atomic E-state index is 0.0235. The maximum absolute atomic E-state index is 12.5. The first kappa shape index (κ1) is 18.4. The fourth-order valence-corrected chi connectivity index (χ4v) is 4.11. The van der Waals surface area contributed by atoms with E-state index in [-0.39, 0.29) is 24.0 Å². The van der Waals surface area contributed by atoms with E-state index in [1.165, 1.54) is 11.2 Å². The van der Waals surface area contributed by atoms with Crippen LogP contribution in [0, 0.1) is 0 Å². The highest BCUT2D eigenvalue weighted by Gasteiger charge is 2.28. The van der Waals surface area contributed by atoms with Crippen molar-refractivity contribution in [1.82, 2.24) is 14.5 Å². The number of piperazine rings is 1. The number of carbonyl (C=O) groups is 2. The zero-order valence-electron chi connectivity index (χ0n) is 13.8. The van der Waals surface area contributed by atoms with Gasteiger partial charge in [-0.25, -0.2) is 8.42 Å². The zero-order chi connectivity index (χ0) is 17.6. The van der Waals surface area contributed by atoms with Crippen molar-refractivity contribution in [2.75, 3.05) is 32.7 Å². The molecule has 0 bridgehead atoms. The van der Waals surface area contributed by atoms with Gasteiger partial charge in [-0.1, -0.05) is 30.3 Å². The van der Waals surface area contributed by atoms with Crippen LogP contribution in [0.5, 0.6) is 0 Å². The lowest BCUT2D eigenvalue weighted by Gasteiger charge is -2.34. The van der Waals surface area contributed by atoms with Crippen LogP contribution < -0.4 is 5.32 Å². The first-order chi connectivity index (χ1) is 11.4. The molecule has 7 nitrogen and oxygen atoms in total. The number of nitrogens with one attached hydrogen (secondary N) is 1. The van der Waals surface area contributed by atoms with Gasteiger partial charge in [0.05, 0.1) is 5.75 Å². The van der Waals surface area contributed by atoms with Crippen LogP contribution in [0.25, 0.3) is 0 Å². The Bertz CT molecular complexity index is 668. The SMILES string of the molecule is CC(=O)NCCC(=O)N1CCN(S(=O)(=O)Cc2ccccc2)CC1. The highest BCUT2D eigenvalue weighted by atomic mass is 32.2. The summed E-state index contributed by atoms with van der Waals surface area (Å²) in [5.41, 5.74) is 0.756. The smallest absolute Gasteiger partial charge is 0.224 e. The largest absolute Gasteiger partial charge is 0.356 e. The molecule has 1 fully saturated rings. The van der Waals surface area contributed by atoms with Crippen LogP contribution in [0.1, 0.15) is 18.9 Å². The summed E-state index contributed by atoms with van der Waals surface area (Å²) in [6.45, 7) is 3.09. The molecule has 1 N–H and O–H groups in total. The second kappa shape index (κ2) is 8.25. The molecule has 24 heavy (non-hydrogen) atoms. The number of hydrogen-bond acceptors (Lipinski definition) is 4. The van der Waals surface area contributed by atoms with Crippen LogP contribution in [0.4, 0.5) is 0 Å². The van der Waals surface area contributed by atoms with Crippen molar-refractivity contribution in [2.45, 2.75) is 19.1 Å². The fraction of sp³-hybridized carbons (Fsp3) is 0.500. The van der Waals surface area contributed by atoms with Crippen molar-refractivity contribution in [3.63, 3.8) is 0 Å². The van der Waals surface area contributed by atoms with E-state index >= 15 is 0 Å². The monoisotopic (exact) mass is 353 g/mol. The van der Waals surface area contributed by atoms with Gasteiger partial charge in [-0.2, -0.15) is 4.31 Å². The van der Waals surface area contributed by atoms with E-state index in [2.05, 4.69) is 5.32 Å². The molecule has 0 atom stereocenters. The van der Waals surface area contributed by atoms with Gasteiger partial charge in [0.15, 0.2) is 0 Å². The van der Waals surface area contributed by atoms with E-state index in [1.807, 2.05) is 18.2 Å². The molecule has 0 spiro atoms. The Hall–Kier alpha value is -1.93. The van der Waals surface area contributed by atoms with Crippen molar-refractivity contribution in [1.29, 1.82) is 0 Å². The highest BCUT2D eigenvalue weighted by molar-refractivity contribution is 7.88. The Labute approximate surface area is 142 Å². The molecule has 132 valence electrons. The predicted octanol–water partition coefficient (Wildman–Crippen LogP) is 0.187. The summed E-state index contributed by atoms with van der Waals surface area (Å²) < 4.78 is 26.3. The number of sulfonamides is 1. The van der Waals surface area contributed by atoms with Crippen molar-refractivity contribution >= 4 is 21.8 Å². The summed E-state index contributed by atoms with van der Waals surface area (Å²) in [6.07, 6.45) is 0.232. The Morgan fingerprint density at radius 1 is 1.08 bits per heavy atom. The van der Waals surface area contributed by atoms with Gasteiger partial charge < -0.3 is 10.2 Å². The molecule has 0 radical (unpaired) electrons. The van der Waals surface area contributed by atoms with Crippen LogP contribution >= 0.6 is 0 Å². The molecule has 0 aliphatic carbocycles. The van der Waals surface area contributed by atoms with E-state index in [4.69, 9.17) is 0 Å². The number of amides is 2. The lowest BCUT2D eigenvalue weighted by Crippen LogP contribution is -2.51. The van der Waals surface area contributed by atoms with E-state index < -0.39 is 10.0 Å². The molecule has 1 aromatic rings. The van der Waals surface area contributed by atoms with Crippen LogP contribution in [0.3, 0.4) is 0 Å². The molecule has 0 aromatic heterocycles. The number of benzene rings is 1. The van der Waals surface area contributed by atoms with E-state index in [1.54, 1.807) is 17.0 Å². The topological polar surface area (TPSA) is 86.8 Å². The Kier molecular flexibility index (Phi) is 6.33. The highest BCUT2D eigenvalue weighted by Crippen LogP contribution is 2.14. The second-order valence-electron chi connectivity index (χ2n) is 5.75. The predicted molar refractivity (Wildman–Crippen MR) is 90.5 cm³/mol. The van der Waals surface area contributed by atoms with Gasteiger partial charge in [-0.15, -0.1) is 0 Å². The maximum Gasteiger partial charge on any atom is 0.224 e. The first-order valence-corrected chi connectivity index (χ1v) is 9.53. The summed E-state index contributed by atoms with van der Waals surface area (Å²) in [4.78, 5) is 24.5. The molecule has 1 heterocycles. The van der Waals surface area contributed by atoms with Gasteiger partial charge >= 0.3 is 0 Å². The van der Waals surface area contributed by atoms with Crippen LogP contribution in [0.15, 0.2) is 30.3 Å². The first-order valence-electron chi connectivity index (χ1n) is 7.92. The van der Waals surface area contributed by atoms with E-state index in [0.29, 0.717) is 32.7 Å². The molecule has 1 aliphatic heterocycles. The summed E-state index contributed by atoms with van der Waals surface area (Å²) in [5, 5.41) is 2.58. The standard InChI is InChI=1S/C16H23N3O4S/c1-14(20)17-8-7-16(21)18-9-11-19(12-10-18)24(22,23)13-15-5-3-2-4-6-15/h2-6H,7-13H2,1H3,(H,17,20). The van der Waals surface area contributed by atoms with Gasteiger partial charge in [0.25, 0.3) is 0 Å². The molecule has 8 heteroatoms. The quantitative estimate of drug-likeness (QED) is 0.791. The summed E-state index contributed by atoms with van der Waals surface area (Å²) in [5.74, 6) is -0.256. The average molecular weight is 353 g/mol. The average Bonchev–Trinajstić information content (AvgIpc) is 2.55. The maximum atomic E-state index is 12.5. The Balaban J connectivity index is 1.83. The molecule has 1 saturated heterocycles. The third kappa shape index (κ3) is 5.31. The van der Waals surface area contributed by atoms with Gasteiger partial charge in [0.1, 0.15) is 0 Å². The fourth-order valence-electron chi connectivity index (χ4n) is 2.60. The molecule has 1 aromatic carbocycles. The van der Waals surface area contributed by atoms with Gasteiger partial charge in [-0.3, -0.25) is 9.59 Å². The summed E-state index contributed by atoms with van der Waals surface area (Å²) in [7, 11) is -3.38. The van der Waals surface area contributed by atoms with E-state index in [0.717, 1.165) is 5.56 Å². The Morgan fingerprint density at radius 3 is 2.29 bits per heavy atom. The number of carbonyl (C=O) groups excluding carboxylic acids is 2. The lowest BCUT2D eigenvalue weighted by atomic mass is 10.2. The Morgan fingerprint density at radius 2 is 1.71 bits per heavy atom. The number of rotatable bonds is 6. The molecule has 2 amide bonds. The van der Waals surface area contributed by atoms with Crippen molar-refractivity contribution < 1.29 is 18.0 Å². The third-order valence-electron chi connectivity index (χ3n) is 3.89. The van der Waals surface area contributed by atoms with Gasteiger partial charge in [-0.05, 0) is 5.56 Å². The summed E-state index contributed by atoms with van der Waals surface area (Å²) in [6, 6.07) is 9.06. The minimum Gasteiger partial charge on any atom is -0.356 e. The number of nitrogens with zero attached hydrogens (tertiary/aromatic N) is 2. The van der Waals surface area contributed by atoms with E-state index in [9.17, 15) is 18.0 Å². The molecular formula is C16H23N3O4S. The van der Waals surface area contributed by atoms with Crippen LogP contribution in [-0.4, -0.2) is 62.2 Å². The van der Waals surface area contributed by atoms with Crippen molar-refractivity contribution in [3.05, 3.63) is 35.9 Å². The van der Waals surface area contributed by atoms with Crippen LogP contribution in [0.2, 0.25) is 0 Å². The summed E-state index contributed by atoms with van der Waals surface area (Å²) >= 11 is 0. The second-order valence-corrected chi connectivity index (χ2v) is 7.72. The zero-order valence-corrected chi connectivity index (χ0v) is 14.6. The molecular weight excluding hydrogens is 330 g/mol. The normalized spacial score (nSPS) is 16.0. The van der Waals surface area contributed by atoms with Crippen molar-refractivity contribution in [3.8, 4) is 0 Å². The molecule has 1 aliphatic rings. The molecule has 0 saturated carbocycles. The lowest BCUT2D eigenvalue weighted by molar-refractivity contribution is -0.132. The molecule has 0 unspecified atom stereocenters. The van der Waals surface area contributed by atoms with Gasteiger partial charge in [0.2, 0.25) is 21.8 Å². The minimum atomic E-state index is -3.38. The van der Waals surface area contributed by atoms with Crippen LogP contribution in [-0.2, 0) is 25.4 Å². The van der Waals surface area contributed by atoms with Gasteiger partial charge in [0, 0.05) is 46.1 Å². The molecule has 2 rings (SSSR count). The number of hydrogen-bond donors (Lipinski definition) is 1. The third-order valence-corrected chi connectivity index (χ3v) is 5.74. The van der Waals surface area contributed by atoms with Crippen molar-refractivity contribution in [2.24, 2.45) is 0 Å².